The molecule has 2 N–H and O–H groups in total. The Morgan fingerprint density at radius 3 is 2.67 bits per heavy atom. The van der Waals surface area contributed by atoms with E-state index in [-0.39, 0.29) is 0 Å². The van der Waals surface area contributed by atoms with Gasteiger partial charge in [0, 0.05) is 17.6 Å². The van der Waals surface area contributed by atoms with E-state index in [4.69, 9.17) is 33.3 Å². The fourth-order valence-electron chi connectivity index (χ4n) is 1.90. The summed E-state index contributed by atoms with van der Waals surface area (Å²) in [5.41, 5.74) is 4.48. The highest BCUT2D eigenvalue weighted by Crippen LogP contribution is 2.30. The van der Waals surface area contributed by atoms with Crippen LogP contribution in [0, 0.1) is 0 Å². The summed E-state index contributed by atoms with van der Waals surface area (Å²) < 4.78 is 11.3. The van der Waals surface area contributed by atoms with E-state index >= 15 is 0 Å². The average Bonchev–Trinajstić information content (AvgIpc) is 2.61. The maximum atomic E-state index is 5.93. The van der Waals surface area contributed by atoms with Crippen LogP contribution in [0.2, 0.25) is 5.02 Å². The van der Waals surface area contributed by atoms with E-state index in [9.17, 15) is 0 Å². The van der Waals surface area contributed by atoms with Gasteiger partial charge in [-0.15, -0.1) is 0 Å². The van der Waals surface area contributed by atoms with Crippen molar-refractivity contribution in [1.82, 2.24) is 10.7 Å². The van der Waals surface area contributed by atoms with Crippen molar-refractivity contribution in [3.63, 3.8) is 0 Å². The van der Waals surface area contributed by atoms with E-state index in [1.54, 1.807) is 20.4 Å². The van der Waals surface area contributed by atoms with E-state index in [2.05, 4.69) is 15.8 Å². The van der Waals surface area contributed by atoms with Crippen molar-refractivity contribution in [2.24, 2.45) is 5.10 Å². The molecule has 0 fully saturated rings. The zero-order valence-electron chi connectivity index (χ0n) is 13.4. The van der Waals surface area contributed by atoms with Crippen LogP contribution >= 0.6 is 23.8 Å². The van der Waals surface area contributed by atoms with E-state index < -0.39 is 0 Å². The Kier molecular flexibility index (Phi) is 6.84. The lowest BCUT2D eigenvalue weighted by molar-refractivity contribution is 0.284. The van der Waals surface area contributed by atoms with Crippen LogP contribution in [0.3, 0.4) is 0 Å². The number of benzene rings is 2. The second-order valence-corrected chi connectivity index (χ2v) is 5.59. The summed E-state index contributed by atoms with van der Waals surface area (Å²) in [5.74, 6) is 1.24. The second kappa shape index (κ2) is 9.10. The largest absolute Gasteiger partial charge is 0.493 e. The molecule has 7 heteroatoms. The van der Waals surface area contributed by atoms with Crippen molar-refractivity contribution in [3.8, 4) is 11.5 Å². The minimum atomic E-state index is 0.390. The molecule has 2 rings (SSSR count). The Morgan fingerprint density at radius 1 is 1.25 bits per heavy atom. The monoisotopic (exact) mass is 363 g/mol. The Labute approximate surface area is 151 Å². The van der Waals surface area contributed by atoms with Crippen molar-refractivity contribution < 1.29 is 9.47 Å². The Hall–Kier alpha value is -2.31. The maximum Gasteiger partial charge on any atom is 0.186 e. The number of methoxy groups -OCH3 is 1. The molecule has 5 nitrogen and oxygen atoms in total. The van der Waals surface area contributed by atoms with Gasteiger partial charge in [-0.2, -0.15) is 5.10 Å². The lowest BCUT2D eigenvalue weighted by Gasteiger charge is -2.13. The van der Waals surface area contributed by atoms with Crippen LogP contribution in [0.1, 0.15) is 11.1 Å². The third kappa shape index (κ3) is 5.11. The van der Waals surface area contributed by atoms with Gasteiger partial charge in [-0.25, -0.2) is 0 Å². The highest BCUT2D eigenvalue weighted by atomic mass is 35.5. The van der Waals surface area contributed by atoms with Crippen LogP contribution in [0.5, 0.6) is 11.5 Å². The lowest BCUT2D eigenvalue weighted by Crippen LogP contribution is -2.28. The predicted molar refractivity (Wildman–Crippen MR) is 101 cm³/mol. The fraction of sp³-hybridized carbons (Fsp3) is 0.176. The van der Waals surface area contributed by atoms with Crippen LogP contribution in [0.4, 0.5) is 0 Å². The minimum absolute atomic E-state index is 0.390. The summed E-state index contributed by atoms with van der Waals surface area (Å²) in [5, 5.41) is 7.98. The van der Waals surface area contributed by atoms with Crippen molar-refractivity contribution in [1.29, 1.82) is 0 Å². The number of ether oxygens (including phenoxy) is 2. The molecule has 0 aliphatic heterocycles. The summed E-state index contributed by atoms with van der Waals surface area (Å²) in [6.45, 7) is 0.390. The van der Waals surface area contributed by atoms with Crippen LogP contribution in [-0.4, -0.2) is 25.5 Å². The van der Waals surface area contributed by atoms with Crippen molar-refractivity contribution in [3.05, 3.63) is 58.6 Å². The van der Waals surface area contributed by atoms with Gasteiger partial charge in [0.2, 0.25) is 0 Å². The number of halogens is 1. The molecular formula is C17H18ClN3O2S. The summed E-state index contributed by atoms with van der Waals surface area (Å²) in [6.07, 6.45) is 1.63. The van der Waals surface area contributed by atoms with Crippen LogP contribution in [-0.2, 0) is 6.61 Å². The Morgan fingerprint density at radius 2 is 2.00 bits per heavy atom. The number of rotatable bonds is 6. The number of para-hydroxylation sites is 1. The first kappa shape index (κ1) is 18.0. The number of hydrogen-bond donors (Lipinski definition) is 2. The molecule has 0 bridgehead atoms. The van der Waals surface area contributed by atoms with Gasteiger partial charge < -0.3 is 14.8 Å². The minimum Gasteiger partial charge on any atom is -0.493 e. The normalized spacial score (nSPS) is 10.5. The van der Waals surface area contributed by atoms with Gasteiger partial charge in [-0.05, 0) is 42.0 Å². The first-order valence-corrected chi connectivity index (χ1v) is 7.97. The van der Waals surface area contributed by atoms with Gasteiger partial charge in [0.25, 0.3) is 0 Å². The van der Waals surface area contributed by atoms with Gasteiger partial charge in [-0.1, -0.05) is 29.8 Å². The molecular weight excluding hydrogens is 346 g/mol. The van der Waals surface area contributed by atoms with Gasteiger partial charge in [-0.3, -0.25) is 5.43 Å². The molecule has 0 heterocycles. The lowest BCUT2D eigenvalue weighted by atomic mass is 10.2. The van der Waals surface area contributed by atoms with E-state index in [0.717, 1.165) is 11.1 Å². The number of thiocarbonyl (C=S) groups is 1. The number of nitrogens with zero attached hydrogens (tertiary/aromatic N) is 1. The molecule has 0 amide bonds. The molecule has 2 aromatic rings. The van der Waals surface area contributed by atoms with Crippen LogP contribution in [0.25, 0.3) is 0 Å². The summed E-state index contributed by atoms with van der Waals surface area (Å²) in [6, 6.07) is 13.1. The first-order chi connectivity index (χ1) is 11.6. The third-order valence-corrected chi connectivity index (χ3v) is 3.67. The first-order valence-electron chi connectivity index (χ1n) is 7.19. The zero-order valence-corrected chi connectivity index (χ0v) is 14.9. The van der Waals surface area contributed by atoms with Gasteiger partial charge >= 0.3 is 0 Å². The van der Waals surface area contributed by atoms with Crippen molar-refractivity contribution >= 4 is 35.1 Å². The molecule has 126 valence electrons. The van der Waals surface area contributed by atoms with Crippen LogP contribution < -0.4 is 20.2 Å². The average molecular weight is 364 g/mol. The standard InChI is InChI=1S/C17H18ClN3O2S/c1-19-17(24)21-20-10-13-4-3-5-15(22-2)16(13)23-11-12-6-8-14(18)9-7-12/h3-10H,11H2,1-2H3,(H2,19,21,24)/b20-10+. The molecule has 0 aliphatic rings. The summed E-state index contributed by atoms with van der Waals surface area (Å²) in [4.78, 5) is 0. The van der Waals surface area contributed by atoms with E-state index in [1.807, 2.05) is 42.5 Å². The highest BCUT2D eigenvalue weighted by Gasteiger charge is 2.09. The maximum absolute atomic E-state index is 5.93. The highest BCUT2D eigenvalue weighted by molar-refractivity contribution is 7.80. The molecule has 0 atom stereocenters. The smallest absolute Gasteiger partial charge is 0.186 e. The molecule has 0 aromatic heterocycles. The SMILES string of the molecule is CNC(=S)N/N=C/c1cccc(OC)c1OCc1ccc(Cl)cc1. The summed E-state index contributed by atoms with van der Waals surface area (Å²) in [7, 11) is 3.32. The van der Waals surface area contributed by atoms with E-state index in [1.165, 1.54) is 0 Å². The summed E-state index contributed by atoms with van der Waals surface area (Å²) >= 11 is 10.9. The predicted octanol–water partition coefficient (Wildman–Crippen LogP) is 3.36. The molecule has 0 aliphatic carbocycles. The van der Waals surface area contributed by atoms with Crippen molar-refractivity contribution in [2.45, 2.75) is 6.61 Å². The molecule has 2 aromatic carbocycles. The van der Waals surface area contributed by atoms with E-state index in [0.29, 0.717) is 28.2 Å². The number of hydrazone groups is 1. The van der Waals surface area contributed by atoms with Crippen LogP contribution in [0.15, 0.2) is 47.6 Å². The Bertz CT molecular complexity index is 720. The van der Waals surface area contributed by atoms with Gasteiger partial charge in [0.1, 0.15) is 6.61 Å². The van der Waals surface area contributed by atoms with Gasteiger partial charge in [0.15, 0.2) is 16.6 Å². The number of hydrogen-bond acceptors (Lipinski definition) is 4. The second-order valence-electron chi connectivity index (χ2n) is 4.74. The van der Waals surface area contributed by atoms with Crippen molar-refractivity contribution in [2.75, 3.05) is 14.2 Å². The topological polar surface area (TPSA) is 54.9 Å². The number of nitrogens with one attached hydrogen (secondary N) is 2. The molecule has 0 radical (unpaired) electrons. The van der Waals surface area contributed by atoms with Gasteiger partial charge in [0.05, 0.1) is 13.3 Å². The zero-order chi connectivity index (χ0) is 17.4. The fourth-order valence-corrected chi connectivity index (χ4v) is 2.08. The third-order valence-electron chi connectivity index (χ3n) is 3.12. The molecule has 0 unspecified atom stereocenters. The Balaban J connectivity index is 2.16. The molecule has 0 saturated heterocycles. The molecule has 24 heavy (non-hydrogen) atoms. The molecule has 0 spiro atoms. The molecule has 0 saturated carbocycles. The quantitative estimate of drug-likeness (QED) is 0.468.